The zero-order valence-electron chi connectivity index (χ0n) is 13.1. The molecule has 2 N–H and O–H groups in total. The van der Waals surface area contributed by atoms with Crippen LogP contribution in [-0.4, -0.2) is 32.7 Å². The van der Waals surface area contributed by atoms with Gasteiger partial charge in [0.1, 0.15) is 10.6 Å². The summed E-state index contributed by atoms with van der Waals surface area (Å²) in [5, 5.41) is 6.27. The molecule has 1 aromatic carbocycles. The molecule has 1 aromatic heterocycles. The van der Waals surface area contributed by atoms with Gasteiger partial charge in [0.05, 0.1) is 7.11 Å². The topological polar surface area (TPSA) is 50.4 Å². The molecule has 0 radical (unpaired) electrons. The summed E-state index contributed by atoms with van der Waals surface area (Å²) in [4.78, 5) is 14.1. The zero-order valence-corrected chi connectivity index (χ0v) is 13.9. The van der Waals surface area contributed by atoms with Crippen LogP contribution in [0.2, 0.25) is 0 Å². The van der Waals surface area contributed by atoms with E-state index in [0.717, 1.165) is 30.0 Å². The molecular formula is C18H20N2O2S. The Morgan fingerprint density at radius 2 is 2.17 bits per heavy atom. The summed E-state index contributed by atoms with van der Waals surface area (Å²) >= 11 is 1.46. The molecular weight excluding hydrogens is 308 g/mol. The number of hydrogen-bond donors (Lipinski definition) is 2. The molecule has 0 saturated carbocycles. The molecule has 2 aromatic rings. The fourth-order valence-corrected chi connectivity index (χ4v) is 3.58. The summed E-state index contributed by atoms with van der Waals surface area (Å²) in [6.07, 6.45) is 3.13. The molecule has 0 spiro atoms. The van der Waals surface area contributed by atoms with Crippen molar-refractivity contribution in [2.45, 2.75) is 6.42 Å². The minimum atomic E-state index is -0.0755. The first kappa shape index (κ1) is 15.8. The number of ether oxygens (including phenoxy) is 1. The molecule has 120 valence electrons. The normalized spacial score (nSPS) is 14.2. The van der Waals surface area contributed by atoms with E-state index in [2.05, 4.69) is 16.7 Å². The lowest BCUT2D eigenvalue weighted by molar-refractivity contribution is 0.0958. The highest BCUT2D eigenvalue weighted by molar-refractivity contribution is 7.17. The first-order valence-electron chi connectivity index (χ1n) is 7.68. The van der Waals surface area contributed by atoms with Gasteiger partial charge in [-0.2, -0.15) is 0 Å². The van der Waals surface area contributed by atoms with Crippen LogP contribution in [0.5, 0.6) is 5.75 Å². The number of rotatable bonds is 5. The first-order valence-corrected chi connectivity index (χ1v) is 8.49. The van der Waals surface area contributed by atoms with Crippen LogP contribution in [0.25, 0.3) is 10.4 Å². The third-order valence-electron chi connectivity index (χ3n) is 3.82. The first-order chi connectivity index (χ1) is 11.3. The smallest absolute Gasteiger partial charge is 0.265 e. The van der Waals surface area contributed by atoms with Crippen LogP contribution in [0.1, 0.15) is 16.1 Å². The van der Waals surface area contributed by atoms with Gasteiger partial charge >= 0.3 is 0 Å². The van der Waals surface area contributed by atoms with E-state index in [1.165, 1.54) is 16.9 Å². The number of benzene rings is 1. The Kier molecular flexibility index (Phi) is 5.10. The standard InChI is InChI=1S/C18H20N2O2S/c1-22-15-11-16(14-5-3-2-4-6-14)23-17(15)18(21)20-12-13-7-9-19-10-8-13/h2-7,11,19H,8-10,12H2,1H3,(H,20,21). The number of methoxy groups -OCH3 is 1. The van der Waals surface area contributed by atoms with E-state index in [9.17, 15) is 4.79 Å². The van der Waals surface area contributed by atoms with Crippen molar-refractivity contribution >= 4 is 17.2 Å². The maximum Gasteiger partial charge on any atom is 0.265 e. The largest absolute Gasteiger partial charge is 0.495 e. The molecule has 3 rings (SSSR count). The Hall–Kier alpha value is -2.11. The second kappa shape index (κ2) is 7.44. The van der Waals surface area contributed by atoms with Gasteiger partial charge in [0.2, 0.25) is 0 Å². The number of nitrogens with one attached hydrogen (secondary N) is 2. The Balaban J connectivity index is 1.74. The number of thiophene rings is 1. The molecule has 4 nitrogen and oxygen atoms in total. The van der Waals surface area contributed by atoms with Gasteiger partial charge in [-0.05, 0) is 24.6 Å². The average Bonchev–Trinajstić information content (AvgIpc) is 3.06. The van der Waals surface area contributed by atoms with E-state index in [-0.39, 0.29) is 5.91 Å². The summed E-state index contributed by atoms with van der Waals surface area (Å²) in [6, 6.07) is 12.0. The van der Waals surface area contributed by atoms with Gasteiger partial charge in [0.25, 0.3) is 5.91 Å². The average molecular weight is 328 g/mol. The van der Waals surface area contributed by atoms with Gasteiger partial charge in [0, 0.05) is 18.0 Å². The highest BCUT2D eigenvalue weighted by atomic mass is 32.1. The number of amides is 1. The van der Waals surface area contributed by atoms with Crippen molar-refractivity contribution in [3.8, 4) is 16.2 Å². The molecule has 0 atom stereocenters. The fraction of sp³-hybridized carbons (Fsp3) is 0.278. The highest BCUT2D eigenvalue weighted by Gasteiger charge is 2.18. The van der Waals surface area contributed by atoms with Gasteiger partial charge in [-0.25, -0.2) is 0 Å². The maximum atomic E-state index is 12.5. The Bertz CT molecular complexity index is 707. The van der Waals surface area contributed by atoms with Crippen LogP contribution in [0, 0.1) is 0 Å². The molecule has 1 amide bonds. The van der Waals surface area contributed by atoms with Gasteiger partial charge in [-0.3, -0.25) is 4.79 Å². The molecule has 2 heterocycles. The molecule has 0 unspecified atom stereocenters. The second-order valence-corrected chi connectivity index (χ2v) is 6.43. The van der Waals surface area contributed by atoms with E-state index in [4.69, 9.17) is 4.74 Å². The number of carbonyl (C=O) groups excluding carboxylic acids is 1. The Morgan fingerprint density at radius 1 is 1.35 bits per heavy atom. The molecule has 1 aliphatic heterocycles. The third-order valence-corrected chi connectivity index (χ3v) is 4.98. The predicted octanol–water partition coefficient (Wildman–Crippen LogP) is 3.07. The molecule has 1 aliphatic rings. The van der Waals surface area contributed by atoms with Crippen molar-refractivity contribution < 1.29 is 9.53 Å². The third kappa shape index (κ3) is 3.81. The number of carbonyl (C=O) groups is 1. The fourth-order valence-electron chi connectivity index (χ4n) is 2.53. The van der Waals surface area contributed by atoms with Crippen LogP contribution in [0.4, 0.5) is 0 Å². The summed E-state index contributed by atoms with van der Waals surface area (Å²) < 4.78 is 5.39. The van der Waals surface area contributed by atoms with Crippen LogP contribution in [0.3, 0.4) is 0 Å². The van der Waals surface area contributed by atoms with Gasteiger partial charge in [-0.1, -0.05) is 42.0 Å². The van der Waals surface area contributed by atoms with Gasteiger partial charge < -0.3 is 15.4 Å². The van der Waals surface area contributed by atoms with Crippen molar-refractivity contribution in [1.82, 2.24) is 10.6 Å². The lowest BCUT2D eigenvalue weighted by Gasteiger charge is -2.14. The van der Waals surface area contributed by atoms with Crippen molar-refractivity contribution in [2.24, 2.45) is 0 Å². The summed E-state index contributed by atoms with van der Waals surface area (Å²) in [7, 11) is 1.60. The lowest BCUT2D eigenvalue weighted by atomic mass is 10.1. The quantitative estimate of drug-likeness (QED) is 0.829. The predicted molar refractivity (Wildman–Crippen MR) is 94.2 cm³/mol. The van der Waals surface area contributed by atoms with E-state index < -0.39 is 0 Å². The van der Waals surface area contributed by atoms with E-state index in [1.807, 2.05) is 36.4 Å². The van der Waals surface area contributed by atoms with E-state index in [1.54, 1.807) is 7.11 Å². The van der Waals surface area contributed by atoms with Gasteiger partial charge in [-0.15, -0.1) is 11.3 Å². The molecule has 0 fully saturated rings. The van der Waals surface area contributed by atoms with Crippen molar-refractivity contribution in [3.63, 3.8) is 0 Å². The van der Waals surface area contributed by atoms with E-state index in [0.29, 0.717) is 17.2 Å². The summed E-state index contributed by atoms with van der Waals surface area (Å²) in [5.41, 5.74) is 2.37. The van der Waals surface area contributed by atoms with Crippen molar-refractivity contribution in [3.05, 3.63) is 52.9 Å². The SMILES string of the molecule is COc1cc(-c2ccccc2)sc1C(=O)NCC1=CCNCC1. The summed E-state index contributed by atoms with van der Waals surface area (Å²) in [6.45, 7) is 2.45. The van der Waals surface area contributed by atoms with Gasteiger partial charge in [0.15, 0.2) is 0 Å². The second-order valence-electron chi connectivity index (χ2n) is 5.37. The molecule has 0 aliphatic carbocycles. The molecule has 0 saturated heterocycles. The highest BCUT2D eigenvalue weighted by Crippen LogP contribution is 2.36. The molecule has 23 heavy (non-hydrogen) atoms. The molecule has 5 heteroatoms. The monoisotopic (exact) mass is 328 g/mol. The zero-order chi connectivity index (χ0) is 16.1. The maximum absolute atomic E-state index is 12.5. The van der Waals surface area contributed by atoms with Crippen molar-refractivity contribution in [2.75, 3.05) is 26.7 Å². The number of hydrogen-bond acceptors (Lipinski definition) is 4. The minimum absolute atomic E-state index is 0.0755. The Morgan fingerprint density at radius 3 is 2.87 bits per heavy atom. The van der Waals surface area contributed by atoms with E-state index >= 15 is 0 Å². The lowest BCUT2D eigenvalue weighted by Crippen LogP contribution is -2.29. The van der Waals surface area contributed by atoms with Crippen LogP contribution in [0.15, 0.2) is 48.0 Å². The Labute approximate surface area is 140 Å². The summed E-state index contributed by atoms with van der Waals surface area (Å²) in [5.74, 6) is 0.555. The van der Waals surface area contributed by atoms with Crippen LogP contribution in [-0.2, 0) is 0 Å². The van der Waals surface area contributed by atoms with Crippen molar-refractivity contribution in [1.29, 1.82) is 0 Å². The molecule has 0 bridgehead atoms. The van der Waals surface area contributed by atoms with Crippen LogP contribution < -0.4 is 15.4 Å². The minimum Gasteiger partial charge on any atom is -0.495 e. The van der Waals surface area contributed by atoms with Crippen LogP contribution >= 0.6 is 11.3 Å².